The maximum Gasteiger partial charge on any atom is 0.422 e. The molecule has 0 saturated heterocycles. The minimum atomic E-state index is -4.40. The fraction of sp³-hybridized carbons (Fsp3) is 0.462. The number of carbonyl (C=O) groups excluding carboxylic acids is 1. The summed E-state index contributed by atoms with van der Waals surface area (Å²) >= 11 is 0. The van der Waals surface area contributed by atoms with Gasteiger partial charge in [-0.15, -0.1) is 12.4 Å². The Balaban J connectivity index is 0.00000441. The molecule has 0 saturated carbocycles. The number of halogens is 4. The lowest BCUT2D eigenvalue weighted by atomic mass is 10.2. The molecule has 0 aliphatic rings. The van der Waals surface area contributed by atoms with Crippen LogP contribution in [0.15, 0.2) is 18.2 Å². The molecule has 0 aliphatic heterocycles. The van der Waals surface area contributed by atoms with Crippen LogP contribution in [0.25, 0.3) is 0 Å². The lowest BCUT2D eigenvalue weighted by Gasteiger charge is -2.14. The zero-order valence-corrected chi connectivity index (χ0v) is 12.9. The first-order chi connectivity index (χ1) is 9.73. The molecule has 0 spiro atoms. The number of carbonyl (C=O) groups is 1. The minimum Gasteiger partial charge on any atom is -0.484 e. The molecule has 1 atom stereocenters. The monoisotopic (exact) mass is 342 g/mol. The molecule has 1 aromatic rings. The molecular formula is C13H18ClF3N2O3. The number of rotatable bonds is 6. The van der Waals surface area contributed by atoms with E-state index in [0.717, 1.165) is 0 Å². The molecule has 0 bridgehead atoms. The van der Waals surface area contributed by atoms with Crippen LogP contribution in [0, 0.1) is 6.92 Å². The van der Waals surface area contributed by atoms with Gasteiger partial charge < -0.3 is 20.5 Å². The van der Waals surface area contributed by atoms with Crippen molar-refractivity contribution in [1.82, 2.24) is 0 Å². The van der Waals surface area contributed by atoms with E-state index in [4.69, 9.17) is 10.5 Å². The van der Waals surface area contributed by atoms with Crippen molar-refractivity contribution in [1.29, 1.82) is 0 Å². The Morgan fingerprint density at radius 2 is 2.05 bits per heavy atom. The molecule has 1 aromatic carbocycles. The van der Waals surface area contributed by atoms with Gasteiger partial charge in [0, 0.05) is 12.8 Å². The Labute approximate surface area is 132 Å². The van der Waals surface area contributed by atoms with Crippen LogP contribution in [0.5, 0.6) is 5.75 Å². The Hall–Kier alpha value is -1.51. The quantitative estimate of drug-likeness (QED) is 0.831. The van der Waals surface area contributed by atoms with E-state index in [0.29, 0.717) is 11.3 Å². The summed E-state index contributed by atoms with van der Waals surface area (Å²) in [5.41, 5.74) is 6.44. The van der Waals surface area contributed by atoms with Gasteiger partial charge in [-0.25, -0.2) is 0 Å². The average molecular weight is 343 g/mol. The highest BCUT2D eigenvalue weighted by atomic mass is 35.5. The van der Waals surface area contributed by atoms with Crippen LogP contribution in [0.4, 0.5) is 18.9 Å². The molecule has 0 aromatic heterocycles. The van der Waals surface area contributed by atoms with E-state index < -0.39 is 24.7 Å². The number of amides is 1. The topological polar surface area (TPSA) is 73.6 Å². The zero-order valence-electron chi connectivity index (χ0n) is 12.1. The molecule has 0 aliphatic carbocycles. The molecule has 1 amide bonds. The number of alkyl halides is 3. The molecule has 0 heterocycles. The number of ether oxygens (including phenoxy) is 2. The van der Waals surface area contributed by atoms with Crippen molar-refractivity contribution < 1.29 is 27.4 Å². The number of nitrogens with one attached hydrogen (secondary N) is 1. The van der Waals surface area contributed by atoms with Gasteiger partial charge in [-0.1, -0.05) is 0 Å². The fourth-order valence-corrected chi connectivity index (χ4v) is 1.54. The maximum absolute atomic E-state index is 12.1. The number of methoxy groups -OCH3 is 1. The summed E-state index contributed by atoms with van der Waals surface area (Å²) in [6.45, 7) is 0.284. The predicted molar refractivity (Wildman–Crippen MR) is 78.5 cm³/mol. The van der Waals surface area contributed by atoms with Crippen molar-refractivity contribution in [2.75, 3.05) is 25.6 Å². The largest absolute Gasteiger partial charge is 0.484 e. The molecule has 5 nitrogen and oxygen atoms in total. The van der Waals surface area contributed by atoms with Crippen LogP contribution < -0.4 is 15.8 Å². The van der Waals surface area contributed by atoms with Crippen molar-refractivity contribution in [3.63, 3.8) is 0 Å². The number of benzene rings is 1. The van der Waals surface area contributed by atoms with Crippen molar-refractivity contribution >= 4 is 24.0 Å². The summed E-state index contributed by atoms with van der Waals surface area (Å²) in [6, 6.07) is 3.48. The van der Waals surface area contributed by atoms with Gasteiger partial charge in [0.05, 0.1) is 6.61 Å². The summed E-state index contributed by atoms with van der Waals surface area (Å²) in [5.74, 6) is -0.341. The third-order valence-corrected chi connectivity index (χ3v) is 2.52. The van der Waals surface area contributed by atoms with Crippen molar-refractivity contribution in [2.45, 2.75) is 19.1 Å². The first-order valence-corrected chi connectivity index (χ1v) is 6.08. The van der Waals surface area contributed by atoms with E-state index in [9.17, 15) is 18.0 Å². The summed E-state index contributed by atoms with van der Waals surface area (Å²) in [7, 11) is 1.42. The van der Waals surface area contributed by atoms with Gasteiger partial charge >= 0.3 is 6.18 Å². The number of hydrogen-bond donors (Lipinski definition) is 2. The number of nitrogens with two attached hydrogens (primary N) is 1. The van der Waals surface area contributed by atoms with Crippen LogP contribution in [0.1, 0.15) is 5.56 Å². The zero-order chi connectivity index (χ0) is 16.0. The van der Waals surface area contributed by atoms with Crippen LogP contribution in [0.3, 0.4) is 0 Å². The second-order valence-corrected chi connectivity index (χ2v) is 4.44. The first-order valence-electron chi connectivity index (χ1n) is 6.08. The highest BCUT2D eigenvalue weighted by molar-refractivity contribution is 5.94. The maximum atomic E-state index is 12.1. The normalized spacial score (nSPS) is 12.3. The molecule has 9 heteroatoms. The van der Waals surface area contributed by atoms with E-state index >= 15 is 0 Å². The van der Waals surface area contributed by atoms with Crippen molar-refractivity contribution in [2.24, 2.45) is 5.73 Å². The van der Waals surface area contributed by atoms with Crippen LogP contribution in [-0.2, 0) is 9.53 Å². The van der Waals surface area contributed by atoms with Gasteiger partial charge in [-0.2, -0.15) is 13.2 Å². The summed E-state index contributed by atoms with van der Waals surface area (Å²) in [4.78, 5) is 11.7. The summed E-state index contributed by atoms with van der Waals surface area (Å²) in [5, 5.41) is 2.55. The van der Waals surface area contributed by atoms with Gasteiger partial charge in [0.2, 0.25) is 5.91 Å². The molecular weight excluding hydrogens is 325 g/mol. The molecule has 22 heavy (non-hydrogen) atoms. The van der Waals surface area contributed by atoms with E-state index in [2.05, 4.69) is 10.1 Å². The summed E-state index contributed by atoms with van der Waals surface area (Å²) < 4.78 is 45.7. The van der Waals surface area contributed by atoms with Gasteiger partial charge in [0.1, 0.15) is 11.8 Å². The Kier molecular flexibility index (Phi) is 8.21. The Morgan fingerprint density at radius 3 is 2.55 bits per heavy atom. The van der Waals surface area contributed by atoms with E-state index in [1.807, 2.05) is 0 Å². The van der Waals surface area contributed by atoms with Crippen molar-refractivity contribution in [3.8, 4) is 5.75 Å². The Morgan fingerprint density at radius 1 is 1.41 bits per heavy atom. The van der Waals surface area contributed by atoms with E-state index in [1.165, 1.54) is 25.3 Å². The van der Waals surface area contributed by atoms with E-state index in [-0.39, 0.29) is 24.8 Å². The third kappa shape index (κ3) is 6.97. The first kappa shape index (κ1) is 20.5. The highest BCUT2D eigenvalue weighted by Gasteiger charge is 2.28. The van der Waals surface area contributed by atoms with E-state index in [1.54, 1.807) is 6.92 Å². The van der Waals surface area contributed by atoms with Gasteiger partial charge in [-0.05, 0) is 30.7 Å². The second kappa shape index (κ2) is 8.82. The third-order valence-electron chi connectivity index (χ3n) is 2.52. The van der Waals surface area contributed by atoms with Crippen LogP contribution >= 0.6 is 12.4 Å². The second-order valence-electron chi connectivity index (χ2n) is 4.44. The van der Waals surface area contributed by atoms with Crippen LogP contribution in [-0.4, -0.2) is 38.4 Å². The SMILES string of the molecule is COCC(N)C(=O)Nc1ccc(OCC(F)(F)F)c(C)c1.Cl. The fourth-order valence-electron chi connectivity index (χ4n) is 1.54. The predicted octanol–water partition coefficient (Wildman–Crippen LogP) is 2.27. The number of aryl methyl sites for hydroxylation is 1. The lowest BCUT2D eigenvalue weighted by Crippen LogP contribution is -2.39. The highest BCUT2D eigenvalue weighted by Crippen LogP contribution is 2.24. The number of anilines is 1. The average Bonchev–Trinajstić information content (AvgIpc) is 2.36. The standard InChI is InChI=1S/C13H17F3N2O3.ClH/c1-8-5-9(18-12(19)10(17)6-20-2)3-4-11(8)21-7-13(14,15)16;/h3-5,10H,6-7,17H2,1-2H3,(H,18,19);1H. The van der Waals surface area contributed by atoms with Gasteiger partial charge in [0.25, 0.3) is 0 Å². The van der Waals surface area contributed by atoms with Crippen molar-refractivity contribution in [3.05, 3.63) is 23.8 Å². The molecule has 0 fully saturated rings. The molecule has 1 rings (SSSR count). The molecule has 3 N–H and O–H groups in total. The molecule has 126 valence electrons. The smallest absolute Gasteiger partial charge is 0.422 e. The summed E-state index contributed by atoms with van der Waals surface area (Å²) in [6.07, 6.45) is -4.40. The van der Waals surface area contributed by atoms with Gasteiger partial charge in [-0.3, -0.25) is 4.79 Å². The lowest BCUT2D eigenvalue weighted by molar-refractivity contribution is -0.153. The Bertz CT molecular complexity index is 498. The minimum absolute atomic E-state index is 0. The molecule has 1 unspecified atom stereocenters. The van der Waals surface area contributed by atoms with Gasteiger partial charge in [0.15, 0.2) is 6.61 Å². The molecule has 0 radical (unpaired) electrons. The number of hydrogen-bond acceptors (Lipinski definition) is 4. The van der Waals surface area contributed by atoms with Crippen LogP contribution in [0.2, 0.25) is 0 Å².